The highest BCUT2D eigenvalue weighted by Crippen LogP contribution is 2.30. The molecule has 0 radical (unpaired) electrons. The predicted molar refractivity (Wildman–Crippen MR) is 113 cm³/mol. The van der Waals surface area contributed by atoms with Crippen molar-refractivity contribution in [1.29, 1.82) is 5.26 Å². The van der Waals surface area contributed by atoms with Gasteiger partial charge in [0.05, 0.1) is 17.6 Å². The summed E-state index contributed by atoms with van der Waals surface area (Å²) in [4.78, 5) is 18.4. The average molecular weight is 390 g/mol. The molecule has 0 aliphatic carbocycles. The van der Waals surface area contributed by atoms with Crippen molar-refractivity contribution in [2.75, 3.05) is 5.32 Å². The summed E-state index contributed by atoms with van der Waals surface area (Å²) < 4.78 is 0. The first-order valence-electron chi connectivity index (χ1n) is 9.40. The second kappa shape index (κ2) is 9.29. The fourth-order valence-electron chi connectivity index (χ4n) is 3.24. The smallest absolute Gasteiger partial charge is 0.233 e. The van der Waals surface area contributed by atoms with Crippen molar-refractivity contribution in [2.24, 2.45) is 5.92 Å². The van der Waals surface area contributed by atoms with Crippen molar-refractivity contribution in [2.45, 2.75) is 32.6 Å². The number of carbonyl (C=O) groups is 1. The maximum Gasteiger partial charge on any atom is 0.233 e. The second-order valence-electron chi connectivity index (χ2n) is 6.84. The molecule has 2 atom stereocenters. The summed E-state index contributed by atoms with van der Waals surface area (Å²) in [6, 6.07) is 19.7. The fourth-order valence-corrected chi connectivity index (χ4v) is 4.07. The summed E-state index contributed by atoms with van der Waals surface area (Å²) in [7, 11) is 0. The van der Waals surface area contributed by atoms with Crippen LogP contribution in [0.3, 0.4) is 0 Å². The molecule has 0 fully saturated rings. The lowest BCUT2D eigenvalue weighted by atomic mass is 9.85. The predicted octanol–water partition coefficient (Wildman–Crippen LogP) is 5.37. The Balaban J connectivity index is 1.74. The Morgan fingerprint density at radius 2 is 1.89 bits per heavy atom. The maximum atomic E-state index is 13.0. The number of anilines is 1. The zero-order chi connectivity index (χ0) is 19.9. The number of nitriles is 1. The monoisotopic (exact) mass is 389 g/mol. The Kier molecular flexibility index (Phi) is 6.57. The van der Waals surface area contributed by atoms with E-state index in [1.54, 1.807) is 6.20 Å². The van der Waals surface area contributed by atoms with Gasteiger partial charge in [-0.05, 0) is 23.1 Å². The summed E-state index contributed by atoms with van der Waals surface area (Å²) in [5, 5.41) is 12.8. The molecule has 142 valence electrons. The molecule has 4 nitrogen and oxygen atoms in total. The van der Waals surface area contributed by atoms with Gasteiger partial charge in [0, 0.05) is 17.5 Å². The highest BCUT2D eigenvalue weighted by atomic mass is 32.1. The summed E-state index contributed by atoms with van der Waals surface area (Å²) in [5.41, 5.74) is 2.66. The van der Waals surface area contributed by atoms with Gasteiger partial charge in [-0.15, -0.1) is 11.3 Å². The molecule has 1 N–H and O–H groups in total. The number of hydrogen-bond donors (Lipinski definition) is 1. The lowest BCUT2D eigenvalue weighted by molar-refractivity contribution is -0.118. The summed E-state index contributed by atoms with van der Waals surface area (Å²) >= 11 is 1.45. The van der Waals surface area contributed by atoms with E-state index in [2.05, 4.69) is 30.2 Å². The molecule has 0 aliphatic rings. The van der Waals surface area contributed by atoms with Gasteiger partial charge in [-0.2, -0.15) is 5.26 Å². The molecule has 0 bridgehead atoms. The van der Waals surface area contributed by atoms with E-state index in [1.165, 1.54) is 11.3 Å². The Bertz CT molecular complexity index is 975. The Hall–Kier alpha value is -2.97. The van der Waals surface area contributed by atoms with Gasteiger partial charge in [0.25, 0.3) is 0 Å². The second-order valence-corrected chi connectivity index (χ2v) is 7.96. The molecule has 0 saturated heterocycles. The van der Waals surface area contributed by atoms with E-state index < -0.39 is 0 Å². The van der Waals surface area contributed by atoms with Crippen LogP contribution in [0.25, 0.3) is 0 Å². The number of nitrogens with zero attached hydrogens (tertiary/aromatic N) is 2. The average Bonchev–Trinajstić information content (AvgIpc) is 3.16. The molecule has 5 heteroatoms. The standard InChI is InChI=1S/C23H23N3OS/c1-3-16(2)21(17-9-5-4-6-10-17)22(27)26-23-25-15-20(28-23)13-18-11-7-8-12-19(18)14-24/h4-12,15-16,21H,3,13H2,1-2H3,(H,25,26,27). The van der Waals surface area contributed by atoms with Crippen LogP contribution in [0.5, 0.6) is 0 Å². The minimum atomic E-state index is -0.210. The number of carbonyl (C=O) groups excluding carboxylic acids is 1. The van der Waals surface area contributed by atoms with Crippen molar-refractivity contribution >= 4 is 22.4 Å². The number of thiazole rings is 1. The number of hydrogen-bond acceptors (Lipinski definition) is 4. The highest BCUT2D eigenvalue weighted by Gasteiger charge is 2.26. The molecule has 0 aliphatic heterocycles. The number of amides is 1. The van der Waals surface area contributed by atoms with E-state index in [9.17, 15) is 10.1 Å². The Morgan fingerprint density at radius 1 is 1.18 bits per heavy atom. The first-order valence-corrected chi connectivity index (χ1v) is 10.2. The van der Waals surface area contributed by atoms with Crippen LogP contribution in [0.1, 0.15) is 47.8 Å². The SMILES string of the molecule is CCC(C)C(C(=O)Nc1ncc(Cc2ccccc2C#N)s1)c1ccccc1. The van der Waals surface area contributed by atoms with Gasteiger partial charge in [-0.1, -0.05) is 68.8 Å². The van der Waals surface area contributed by atoms with Gasteiger partial charge < -0.3 is 5.32 Å². The number of aromatic nitrogens is 1. The summed E-state index contributed by atoms with van der Waals surface area (Å²) in [5.74, 6) is -0.0129. The molecular weight excluding hydrogens is 366 g/mol. The van der Waals surface area contributed by atoms with Crippen LogP contribution in [-0.2, 0) is 11.2 Å². The van der Waals surface area contributed by atoms with Crippen molar-refractivity contribution in [3.05, 3.63) is 82.4 Å². The quantitative estimate of drug-likeness (QED) is 0.590. The fraction of sp³-hybridized carbons (Fsp3) is 0.261. The Morgan fingerprint density at radius 3 is 2.61 bits per heavy atom. The van der Waals surface area contributed by atoms with Gasteiger partial charge in [-0.3, -0.25) is 4.79 Å². The molecule has 3 rings (SSSR count). The molecule has 0 saturated carbocycles. The third kappa shape index (κ3) is 4.65. The zero-order valence-electron chi connectivity index (χ0n) is 16.1. The summed E-state index contributed by atoms with van der Waals surface area (Å²) in [6.45, 7) is 4.20. The van der Waals surface area contributed by atoms with Crippen molar-refractivity contribution in [3.8, 4) is 6.07 Å². The first-order chi connectivity index (χ1) is 13.6. The molecule has 3 aromatic rings. The minimum absolute atomic E-state index is 0.0288. The van der Waals surface area contributed by atoms with E-state index >= 15 is 0 Å². The van der Waals surface area contributed by atoms with Gasteiger partial charge in [0.2, 0.25) is 5.91 Å². The van der Waals surface area contributed by atoms with Gasteiger partial charge >= 0.3 is 0 Å². The van der Waals surface area contributed by atoms with Crippen LogP contribution in [0, 0.1) is 17.2 Å². The molecule has 2 unspecified atom stereocenters. The van der Waals surface area contributed by atoms with Crippen molar-refractivity contribution in [1.82, 2.24) is 4.98 Å². The van der Waals surface area contributed by atoms with Crippen LogP contribution in [0.4, 0.5) is 5.13 Å². The molecule has 0 spiro atoms. The maximum absolute atomic E-state index is 13.0. The van der Waals surface area contributed by atoms with E-state index in [0.717, 1.165) is 22.4 Å². The van der Waals surface area contributed by atoms with Crippen LogP contribution in [-0.4, -0.2) is 10.9 Å². The van der Waals surface area contributed by atoms with Crippen molar-refractivity contribution in [3.63, 3.8) is 0 Å². The van der Waals surface area contributed by atoms with Crippen LogP contribution >= 0.6 is 11.3 Å². The van der Waals surface area contributed by atoms with Crippen LogP contribution < -0.4 is 5.32 Å². The largest absolute Gasteiger partial charge is 0.301 e. The summed E-state index contributed by atoms with van der Waals surface area (Å²) in [6.07, 6.45) is 3.32. The van der Waals surface area contributed by atoms with Gasteiger partial charge in [0.1, 0.15) is 0 Å². The molecular formula is C23H23N3OS. The molecule has 1 aromatic heterocycles. The van der Waals surface area contributed by atoms with Crippen LogP contribution in [0.2, 0.25) is 0 Å². The van der Waals surface area contributed by atoms with E-state index in [4.69, 9.17) is 0 Å². The molecule has 2 aromatic carbocycles. The first kappa shape index (κ1) is 19.8. The number of benzene rings is 2. The normalized spacial score (nSPS) is 12.8. The zero-order valence-corrected chi connectivity index (χ0v) is 16.9. The number of rotatable bonds is 7. The highest BCUT2D eigenvalue weighted by molar-refractivity contribution is 7.15. The van der Waals surface area contributed by atoms with E-state index in [0.29, 0.717) is 17.1 Å². The van der Waals surface area contributed by atoms with Crippen LogP contribution in [0.15, 0.2) is 60.8 Å². The minimum Gasteiger partial charge on any atom is -0.301 e. The lowest BCUT2D eigenvalue weighted by Gasteiger charge is -2.22. The third-order valence-electron chi connectivity index (χ3n) is 4.94. The van der Waals surface area contributed by atoms with E-state index in [-0.39, 0.29) is 17.7 Å². The van der Waals surface area contributed by atoms with Gasteiger partial charge in [-0.25, -0.2) is 4.98 Å². The Labute approximate surface area is 169 Å². The lowest BCUT2D eigenvalue weighted by Crippen LogP contribution is -2.26. The topological polar surface area (TPSA) is 65.8 Å². The molecule has 1 heterocycles. The van der Waals surface area contributed by atoms with E-state index in [1.807, 2.05) is 54.6 Å². The molecule has 1 amide bonds. The third-order valence-corrected chi connectivity index (χ3v) is 5.85. The number of nitrogens with one attached hydrogen (secondary N) is 1. The van der Waals surface area contributed by atoms with Gasteiger partial charge in [0.15, 0.2) is 5.13 Å². The molecule has 28 heavy (non-hydrogen) atoms. The van der Waals surface area contributed by atoms with Crippen molar-refractivity contribution < 1.29 is 4.79 Å².